The number of nitrogens with zero attached hydrogens (tertiary/aromatic N) is 1. The second-order valence-corrected chi connectivity index (χ2v) is 4.78. The molecule has 0 unspecified atom stereocenters. The highest BCUT2D eigenvalue weighted by atomic mass is 15.1. The maximum Gasteiger partial charge on any atom is 0.0363 e. The van der Waals surface area contributed by atoms with E-state index in [1.54, 1.807) is 0 Å². The van der Waals surface area contributed by atoms with Crippen molar-refractivity contribution in [2.45, 2.75) is 27.2 Å². The molecule has 18 heavy (non-hydrogen) atoms. The molecule has 100 valence electrons. The lowest BCUT2D eigenvalue weighted by molar-refractivity contribution is 0.476. The minimum absolute atomic E-state index is 0. The average Bonchev–Trinajstić information content (AvgIpc) is 2.40. The van der Waals surface area contributed by atoms with Crippen LogP contribution in [-0.4, -0.2) is 20.1 Å². The third kappa shape index (κ3) is 3.80. The van der Waals surface area contributed by atoms with E-state index in [0.29, 0.717) is 0 Å². The van der Waals surface area contributed by atoms with Crippen LogP contribution >= 0.6 is 0 Å². The average molecular weight is 246 g/mol. The van der Waals surface area contributed by atoms with Crippen molar-refractivity contribution >= 4 is 5.69 Å². The van der Waals surface area contributed by atoms with Crippen LogP contribution in [0, 0.1) is 5.92 Å². The second kappa shape index (κ2) is 7.10. The van der Waals surface area contributed by atoms with Gasteiger partial charge in [0.05, 0.1) is 0 Å². The van der Waals surface area contributed by atoms with Crippen LogP contribution in [-0.2, 0) is 0 Å². The number of hydrogen-bond acceptors (Lipinski definition) is 2. The molecule has 1 aliphatic rings. The first-order valence-corrected chi connectivity index (χ1v) is 6.48. The predicted octanol–water partition coefficient (Wildman–Crippen LogP) is 3.66. The molecule has 2 heteroatoms. The summed E-state index contributed by atoms with van der Waals surface area (Å²) in [5.41, 5.74) is 2.71. The molecule has 0 amide bonds. The topological polar surface area (TPSA) is 15.3 Å². The molecule has 0 aliphatic carbocycles. The first-order valence-electron chi connectivity index (χ1n) is 6.48. The summed E-state index contributed by atoms with van der Waals surface area (Å²) >= 11 is 0. The largest absolute Gasteiger partial charge is 0.388 e. The van der Waals surface area contributed by atoms with Crippen LogP contribution in [0.5, 0.6) is 0 Å². The molecule has 0 aromatic heterocycles. The fourth-order valence-corrected chi connectivity index (χ4v) is 2.32. The third-order valence-corrected chi connectivity index (χ3v) is 3.43. The van der Waals surface area contributed by atoms with Crippen molar-refractivity contribution in [3.63, 3.8) is 0 Å². The Bertz CT molecular complexity index is 370. The Labute approximate surface area is 112 Å². The van der Waals surface area contributed by atoms with Gasteiger partial charge in [-0.25, -0.2) is 0 Å². The highest BCUT2D eigenvalue weighted by Gasteiger charge is 2.15. The predicted molar refractivity (Wildman–Crippen MR) is 80.9 cm³/mol. The Morgan fingerprint density at radius 3 is 2.56 bits per heavy atom. The molecule has 1 aromatic carbocycles. The zero-order valence-corrected chi connectivity index (χ0v) is 10.8. The molecular weight excluding hydrogens is 220 g/mol. The number of anilines is 1. The highest BCUT2D eigenvalue weighted by Crippen LogP contribution is 2.18. The van der Waals surface area contributed by atoms with Gasteiger partial charge in [-0.05, 0) is 30.9 Å². The summed E-state index contributed by atoms with van der Waals surface area (Å²) in [6, 6.07) is 10.6. The first kappa shape index (κ1) is 14.6. The van der Waals surface area contributed by atoms with E-state index in [1.807, 2.05) is 0 Å². The molecule has 1 atom stereocenters. The Morgan fingerprint density at radius 2 is 2.00 bits per heavy atom. The van der Waals surface area contributed by atoms with E-state index in [-0.39, 0.29) is 7.43 Å². The molecule has 0 bridgehead atoms. The van der Waals surface area contributed by atoms with Gasteiger partial charge in [0, 0.05) is 31.5 Å². The SMILES string of the molecule is C.CCC1=CC[C@@H](CN(C)c2ccccc2)CN1. The van der Waals surface area contributed by atoms with Crippen molar-refractivity contribution in [1.29, 1.82) is 0 Å². The summed E-state index contributed by atoms with van der Waals surface area (Å²) < 4.78 is 0. The van der Waals surface area contributed by atoms with Crippen molar-refractivity contribution in [1.82, 2.24) is 5.32 Å². The van der Waals surface area contributed by atoms with Crippen molar-refractivity contribution in [3.8, 4) is 0 Å². The van der Waals surface area contributed by atoms with Crippen LogP contribution < -0.4 is 10.2 Å². The monoisotopic (exact) mass is 246 g/mol. The van der Waals surface area contributed by atoms with Gasteiger partial charge in [0.15, 0.2) is 0 Å². The Hall–Kier alpha value is -1.44. The molecule has 0 saturated heterocycles. The summed E-state index contributed by atoms with van der Waals surface area (Å²) in [6.45, 7) is 4.43. The summed E-state index contributed by atoms with van der Waals surface area (Å²) in [6.07, 6.45) is 4.68. The van der Waals surface area contributed by atoms with Crippen LogP contribution in [0.4, 0.5) is 5.69 Å². The number of hydrogen-bond donors (Lipinski definition) is 1. The number of para-hydroxylation sites is 1. The summed E-state index contributed by atoms with van der Waals surface area (Å²) in [5, 5.41) is 3.51. The van der Waals surface area contributed by atoms with Crippen molar-refractivity contribution in [3.05, 3.63) is 42.1 Å². The van der Waals surface area contributed by atoms with Crippen LogP contribution in [0.25, 0.3) is 0 Å². The summed E-state index contributed by atoms with van der Waals surface area (Å²) in [4.78, 5) is 2.34. The number of nitrogens with one attached hydrogen (secondary N) is 1. The molecular formula is C16H26N2. The van der Waals surface area contributed by atoms with Gasteiger partial charge in [-0.3, -0.25) is 0 Å². The van der Waals surface area contributed by atoms with Gasteiger partial charge in [0.25, 0.3) is 0 Å². The molecule has 2 nitrogen and oxygen atoms in total. The van der Waals surface area contributed by atoms with E-state index >= 15 is 0 Å². The van der Waals surface area contributed by atoms with Gasteiger partial charge in [0.1, 0.15) is 0 Å². The van der Waals surface area contributed by atoms with Crippen molar-refractivity contribution in [2.75, 3.05) is 25.0 Å². The van der Waals surface area contributed by atoms with Crippen molar-refractivity contribution < 1.29 is 0 Å². The van der Waals surface area contributed by atoms with Gasteiger partial charge in [0.2, 0.25) is 0 Å². The van der Waals surface area contributed by atoms with Gasteiger partial charge < -0.3 is 10.2 Å². The lowest BCUT2D eigenvalue weighted by atomic mass is 9.99. The second-order valence-electron chi connectivity index (χ2n) is 4.78. The van der Waals surface area contributed by atoms with Gasteiger partial charge in [-0.2, -0.15) is 0 Å². The summed E-state index contributed by atoms with van der Waals surface area (Å²) in [5.74, 6) is 0.718. The van der Waals surface area contributed by atoms with E-state index < -0.39 is 0 Å². The quantitative estimate of drug-likeness (QED) is 0.872. The van der Waals surface area contributed by atoms with Crippen molar-refractivity contribution in [2.24, 2.45) is 5.92 Å². The maximum atomic E-state index is 3.51. The fraction of sp³-hybridized carbons (Fsp3) is 0.500. The van der Waals surface area contributed by atoms with Gasteiger partial charge in [-0.15, -0.1) is 0 Å². The van der Waals surface area contributed by atoms with E-state index in [1.165, 1.54) is 17.8 Å². The minimum Gasteiger partial charge on any atom is -0.388 e. The molecule has 0 fully saturated rings. The lowest BCUT2D eigenvalue weighted by Crippen LogP contribution is -2.34. The summed E-state index contributed by atoms with van der Waals surface area (Å²) in [7, 11) is 2.17. The van der Waals surface area contributed by atoms with E-state index in [0.717, 1.165) is 25.4 Å². The Balaban J connectivity index is 0.00000162. The zero-order chi connectivity index (χ0) is 12.1. The molecule has 0 saturated carbocycles. The van der Waals surface area contributed by atoms with Crippen LogP contribution in [0.15, 0.2) is 42.1 Å². The number of allylic oxidation sites excluding steroid dienone is 2. The van der Waals surface area contributed by atoms with Crippen LogP contribution in [0.2, 0.25) is 0 Å². The first-order chi connectivity index (χ1) is 8.29. The molecule has 2 rings (SSSR count). The van der Waals surface area contributed by atoms with Crippen LogP contribution in [0.1, 0.15) is 27.2 Å². The standard InChI is InChI=1S/C15H22N2.CH4/c1-3-14-10-9-13(11-16-14)12-17(2)15-7-5-4-6-8-15;/h4-8,10,13,16H,3,9,11-12H2,1-2H3;1H4/t13-;/m1./s1. The fourth-order valence-electron chi connectivity index (χ4n) is 2.32. The molecule has 1 aliphatic heterocycles. The smallest absolute Gasteiger partial charge is 0.0363 e. The van der Waals surface area contributed by atoms with E-state index in [2.05, 4.69) is 60.6 Å². The Kier molecular flexibility index (Phi) is 5.76. The van der Waals surface area contributed by atoms with E-state index in [4.69, 9.17) is 0 Å². The third-order valence-electron chi connectivity index (χ3n) is 3.43. The number of benzene rings is 1. The molecule has 1 heterocycles. The highest BCUT2D eigenvalue weighted by molar-refractivity contribution is 5.45. The minimum atomic E-state index is 0. The molecule has 0 radical (unpaired) electrons. The zero-order valence-electron chi connectivity index (χ0n) is 10.8. The maximum absolute atomic E-state index is 3.51. The van der Waals surface area contributed by atoms with Gasteiger partial charge in [-0.1, -0.05) is 38.6 Å². The lowest BCUT2D eigenvalue weighted by Gasteiger charge is -2.29. The molecule has 1 N–H and O–H groups in total. The molecule has 0 spiro atoms. The molecule has 1 aromatic rings. The van der Waals surface area contributed by atoms with Gasteiger partial charge >= 0.3 is 0 Å². The van der Waals surface area contributed by atoms with Crippen LogP contribution in [0.3, 0.4) is 0 Å². The van der Waals surface area contributed by atoms with E-state index in [9.17, 15) is 0 Å². The normalized spacial score (nSPS) is 18.3. The Morgan fingerprint density at radius 1 is 1.28 bits per heavy atom. The number of rotatable bonds is 4.